The number of hydrogen-bond donors (Lipinski definition) is 1. The van der Waals surface area contributed by atoms with Gasteiger partial charge in [-0.25, -0.2) is 5.43 Å². The van der Waals surface area contributed by atoms with Crippen LogP contribution >= 0.6 is 11.6 Å². The lowest BCUT2D eigenvalue weighted by Gasteiger charge is -2.09. The maximum Gasteiger partial charge on any atom is 0.244 e. The average molecular weight is 399 g/mol. The Morgan fingerprint density at radius 2 is 1.89 bits per heavy atom. The number of rotatable bonds is 7. The minimum Gasteiger partial charge on any atom is -0.493 e. The third kappa shape index (κ3) is 4.72. The van der Waals surface area contributed by atoms with Crippen LogP contribution in [0.5, 0.6) is 11.5 Å². The lowest BCUT2D eigenvalue weighted by atomic mass is 10.1. The summed E-state index contributed by atoms with van der Waals surface area (Å²) in [5.74, 6) is 2.04. The Morgan fingerprint density at radius 1 is 1.11 bits per heavy atom. The first-order chi connectivity index (χ1) is 13.6. The molecule has 0 radical (unpaired) electrons. The molecule has 0 spiro atoms. The zero-order chi connectivity index (χ0) is 19.9. The van der Waals surface area contributed by atoms with Gasteiger partial charge in [0.25, 0.3) is 0 Å². The van der Waals surface area contributed by atoms with Crippen molar-refractivity contribution in [2.45, 2.75) is 6.42 Å². The zero-order valence-corrected chi connectivity index (χ0v) is 16.2. The van der Waals surface area contributed by atoms with Crippen molar-refractivity contribution in [2.24, 2.45) is 5.10 Å². The van der Waals surface area contributed by atoms with Crippen LogP contribution in [0.1, 0.15) is 11.3 Å². The van der Waals surface area contributed by atoms with E-state index in [1.807, 2.05) is 18.2 Å². The highest BCUT2D eigenvalue weighted by atomic mass is 35.5. The molecule has 0 atom stereocenters. The number of halogens is 1. The van der Waals surface area contributed by atoms with Crippen LogP contribution in [0.4, 0.5) is 0 Å². The van der Waals surface area contributed by atoms with E-state index in [4.69, 9.17) is 25.5 Å². The second-order valence-electron chi connectivity index (χ2n) is 5.84. The molecule has 0 bridgehead atoms. The van der Waals surface area contributed by atoms with Crippen molar-refractivity contribution in [3.8, 4) is 22.8 Å². The first-order valence-corrected chi connectivity index (χ1v) is 8.86. The summed E-state index contributed by atoms with van der Waals surface area (Å²) in [6.07, 6.45) is 1.59. The van der Waals surface area contributed by atoms with Gasteiger partial charge in [-0.15, -0.1) is 0 Å². The van der Waals surface area contributed by atoms with Crippen molar-refractivity contribution < 1.29 is 18.7 Å². The molecule has 1 heterocycles. The number of hydrogen-bond acceptors (Lipinski definition) is 5. The Bertz CT molecular complexity index is 998. The van der Waals surface area contributed by atoms with Crippen molar-refractivity contribution in [3.05, 3.63) is 70.9 Å². The Balaban J connectivity index is 1.59. The van der Waals surface area contributed by atoms with Crippen LogP contribution in [-0.4, -0.2) is 26.3 Å². The minimum absolute atomic E-state index is 0.153. The van der Waals surface area contributed by atoms with Gasteiger partial charge in [-0.2, -0.15) is 5.10 Å². The van der Waals surface area contributed by atoms with Crippen molar-refractivity contribution in [3.63, 3.8) is 0 Å². The van der Waals surface area contributed by atoms with Gasteiger partial charge in [-0.3, -0.25) is 4.79 Å². The first kappa shape index (κ1) is 19.5. The van der Waals surface area contributed by atoms with Crippen molar-refractivity contribution in [1.29, 1.82) is 0 Å². The fourth-order valence-corrected chi connectivity index (χ4v) is 2.84. The number of benzene rings is 2. The first-order valence-electron chi connectivity index (χ1n) is 8.48. The van der Waals surface area contributed by atoms with E-state index in [0.717, 1.165) is 11.1 Å². The van der Waals surface area contributed by atoms with Crippen molar-refractivity contribution in [2.75, 3.05) is 14.2 Å². The Hall–Kier alpha value is -3.25. The molecule has 0 aliphatic rings. The fourth-order valence-electron chi connectivity index (χ4n) is 2.61. The molecule has 0 aliphatic carbocycles. The zero-order valence-electron chi connectivity index (χ0n) is 15.4. The number of carbonyl (C=O) groups is 1. The summed E-state index contributed by atoms with van der Waals surface area (Å²) in [6, 6.07) is 16.3. The summed E-state index contributed by atoms with van der Waals surface area (Å²) in [4.78, 5) is 12.1. The SMILES string of the molecule is COc1ccc(CC(=O)N/N=C/c2ccc(-c3ccccc3Cl)o2)cc1OC. The summed E-state index contributed by atoms with van der Waals surface area (Å²) in [5, 5.41) is 4.54. The molecule has 144 valence electrons. The molecule has 7 heteroatoms. The molecule has 0 unspecified atom stereocenters. The summed E-state index contributed by atoms with van der Waals surface area (Å²) in [5.41, 5.74) is 4.05. The number of nitrogens with zero attached hydrogens (tertiary/aromatic N) is 1. The molecule has 0 aliphatic heterocycles. The van der Waals surface area contributed by atoms with E-state index in [-0.39, 0.29) is 12.3 Å². The third-order valence-corrected chi connectivity index (χ3v) is 4.29. The molecule has 1 amide bonds. The van der Waals surface area contributed by atoms with Gasteiger partial charge in [0.05, 0.1) is 31.9 Å². The van der Waals surface area contributed by atoms with E-state index in [9.17, 15) is 4.79 Å². The molecular formula is C21H19ClN2O4. The summed E-state index contributed by atoms with van der Waals surface area (Å²) in [7, 11) is 3.11. The number of amides is 1. The number of methoxy groups -OCH3 is 2. The van der Waals surface area contributed by atoms with E-state index in [1.165, 1.54) is 6.21 Å². The van der Waals surface area contributed by atoms with Gasteiger partial charge in [-0.05, 0) is 42.0 Å². The van der Waals surface area contributed by atoms with Gasteiger partial charge in [0.15, 0.2) is 11.5 Å². The molecular weight excluding hydrogens is 380 g/mol. The number of ether oxygens (including phenoxy) is 2. The highest BCUT2D eigenvalue weighted by Crippen LogP contribution is 2.29. The van der Waals surface area contributed by atoms with Crippen LogP contribution in [0.2, 0.25) is 5.02 Å². The molecule has 2 aromatic carbocycles. The maximum absolute atomic E-state index is 12.1. The predicted octanol–water partition coefficient (Wildman–Crippen LogP) is 4.31. The Morgan fingerprint density at radius 3 is 2.64 bits per heavy atom. The summed E-state index contributed by atoms with van der Waals surface area (Å²) < 4.78 is 16.1. The molecule has 1 aromatic heterocycles. The Kier molecular flexibility index (Phi) is 6.34. The van der Waals surface area contributed by atoms with Gasteiger partial charge in [-0.1, -0.05) is 29.8 Å². The smallest absolute Gasteiger partial charge is 0.244 e. The van der Waals surface area contributed by atoms with Crippen LogP contribution in [-0.2, 0) is 11.2 Å². The number of furan rings is 1. The lowest BCUT2D eigenvalue weighted by Crippen LogP contribution is -2.19. The average Bonchev–Trinajstić information content (AvgIpc) is 3.16. The Labute approximate surface area is 167 Å². The van der Waals surface area contributed by atoms with Gasteiger partial charge < -0.3 is 13.9 Å². The van der Waals surface area contributed by atoms with Gasteiger partial charge in [0.2, 0.25) is 5.91 Å². The topological polar surface area (TPSA) is 73.1 Å². The molecule has 0 saturated heterocycles. The van der Waals surface area contributed by atoms with E-state index in [2.05, 4.69) is 10.5 Å². The molecule has 0 fully saturated rings. The molecule has 3 rings (SSSR count). The van der Waals surface area contributed by atoms with E-state index >= 15 is 0 Å². The van der Waals surface area contributed by atoms with Gasteiger partial charge >= 0.3 is 0 Å². The quantitative estimate of drug-likeness (QED) is 0.475. The van der Waals surface area contributed by atoms with Crippen molar-refractivity contribution >= 4 is 23.7 Å². The second kappa shape index (κ2) is 9.10. The van der Waals surface area contributed by atoms with Crippen LogP contribution in [0, 0.1) is 0 Å². The molecule has 0 saturated carbocycles. The van der Waals surface area contributed by atoms with Gasteiger partial charge in [0, 0.05) is 5.56 Å². The second-order valence-corrected chi connectivity index (χ2v) is 6.25. The molecule has 3 aromatic rings. The van der Waals surface area contributed by atoms with E-state index in [1.54, 1.807) is 50.6 Å². The van der Waals surface area contributed by atoms with Crippen LogP contribution in [0.15, 0.2) is 64.1 Å². The minimum atomic E-state index is -0.263. The normalized spacial score (nSPS) is 10.8. The highest BCUT2D eigenvalue weighted by Gasteiger charge is 2.09. The van der Waals surface area contributed by atoms with Crippen molar-refractivity contribution in [1.82, 2.24) is 5.43 Å². The number of hydrazone groups is 1. The summed E-state index contributed by atoms with van der Waals surface area (Å²) >= 11 is 6.16. The molecule has 1 N–H and O–H groups in total. The maximum atomic E-state index is 12.1. The fraction of sp³-hybridized carbons (Fsp3) is 0.143. The number of carbonyl (C=O) groups excluding carboxylic acids is 1. The third-order valence-electron chi connectivity index (χ3n) is 3.96. The van der Waals surface area contributed by atoms with E-state index in [0.29, 0.717) is 28.0 Å². The highest BCUT2D eigenvalue weighted by molar-refractivity contribution is 6.33. The van der Waals surface area contributed by atoms with Gasteiger partial charge in [0.1, 0.15) is 11.5 Å². The monoisotopic (exact) mass is 398 g/mol. The standard InChI is InChI=1S/C21H19ClN2O4/c1-26-19-9-7-14(11-20(19)27-2)12-21(25)24-23-13-15-8-10-18(28-15)16-5-3-4-6-17(16)22/h3-11,13H,12H2,1-2H3,(H,24,25)/b23-13+. The molecule has 6 nitrogen and oxygen atoms in total. The summed E-state index contributed by atoms with van der Waals surface area (Å²) in [6.45, 7) is 0. The van der Waals surface area contributed by atoms with Crippen LogP contribution in [0.3, 0.4) is 0 Å². The largest absolute Gasteiger partial charge is 0.493 e. The lowest BCUT2D eigenvalue weighted by molar-refractivity contribution is -0.120. The number of nitrogens with one attached hydrogen (secondary N) is 1. The van der Waals surface area contributed by atoms with Crippen LogP contribution in [0.25, 0.3) is 11.3 Å². The van der Waals surface area contributed by atoms with Crippen LogP contribution < -0.4 is 14.9 Å². The van der Waals surface area contributed by atoms with E-state index < -0.39 is 0 Å². The predicted molar refractivity (Wildman–Crippen MR) is 108 cm³/mol. The molecule has 28 heavy (non-hydrogen) atoms.